The minimum absolute atomic E-state index is 0. The van der Waals surface area contributed by atoms with Crippen LogP contribution in [0.1, 0.15) is 58.8 Å². The fraction of sp³-hybridized carbons (Fsp3) is 0.542. The summed E-state index contributed by atoms with van der Waals surface area (Å²) >= 11 is 0. The Morgan fingerprint density at radius 2 is 1.85 bits per heavy atom. The van der Waals surface area contributed by atoms with Crippen molar-refractivity contribution in [1.29, 1.82) is 0 Å². The maximum absolute atomic E-state index is 11.6. The molecule has 0 spiro atoms. The van der Waals surface area contributed by atoms with Gasteiger partial charge in [-0.1, -0.05) is 46.8 Å². The summed E-state index contributed by atoms with van der Waals surface area (Å²) in [6.45, 7) is 13.9. The van der Waals surface area contributed by atoms with Gasteiger partial charge in [-0.2, -0.15) is 0 Å². The van der Waals surface area contributed by atoms with Crippen molar-refractivity contribution in [3.63, 3.8) is 0 Å². The Kier molecular flexibility index (Phi) is 18.0. The molecule has 1 aromatic carbocycles. The second-order valence-corrected chi connectivity index (χ2v) is 8.53. The van der Waals surface area contributed by atoms with Crippen molar-refractivity contribution in [3.05, 3.63) is 54.2 Å². The first-order valence-corrected chi connectivity index (χ1v) is 10.9. The molecule has 1 unspecified atom stereocenters. The van der Waals surface area contributed by atoms with Gasteiger partial charge in [-0.3, -0.25) is 9.59 Å². The van der Waals surface area contributed by atoms with Crippen LogP contribution < -0.4 is 56.7 Å². The molecule has 1 aliphatic heterocycles. The maximum Gasteiger partial charge on any atom is 1.00 e. The fourth-order valence-electron chi connectivity index (χ4n) is 3.12. The van der Waals surface area contributed by atoms with Crippen molar-refractivity contribution in [2.45, 2.75) is 67.0 Å². The predicted molar refractivity (Wildman–Crippen MR) is 129 cm³/mol. The average molecular weight is 486 g/mol. The van der Waals surface area contributed by atoms with E-state index in [2.05, 4.69) is 31.1 Å². The third kappa shape index (κ3) is 12.8. The van der Waals surface area contributed by atoms with Gasteiger partial charge < -0.3 is 26.0 Å². The topological polar surface area (TPSA) is 121 Å². The van der Waals surface area contributed by atoms with Gasteiger partial charge >= 0.3 is 51.4 Å². The Morgan fingerprint density at radius 3 is 2.27 bits per heavy atom. The van der Waals surface area contributed by atoms with Crippen LogP contribution >= 0.6 is 0 Å². The van der Waals surface area contributed by atoms with Gasteiger partial charge in [0.1, 0.15) is 5.82 Å². The van der Waals surface area contributed by atoms with Crippen LogP contribution in [0.3, 0.4) is 0 Å². The number of aliphatic hydroxyl groups excluding tert-OH is 1. The van der Waals surface area contributed by atoms with E-state index in [0.29, 0.717) is 25.9 Å². The minimum atomic E-state index is -0.302. The van der Waals surface area contributed by atoms with Crippen molar-refractivity contribution < 1.29 is 66.1 Å². The molecule has 3 rings (SSSR count). The summed E-state index contributed by atoms with van der Waals surface area (Å²) in [6, 6.07) is 8.00. The largest absolute Gasteiger partial charge is 1.00 e. The number of imidazole rings is 1. The van der Waals surface area contributed by atoms with Crippen LogP contribution in [-0.2, 0) is 16.1 Å². The zero-order valence-electron chi connectivity index (χ0n) is 21.3. The number of hydrogen-bond acceptors (Lipinski definition) is 4. The average Bonchev–Trinajstić information content (AvgIpc) is 3.36. The second-order valence-electron chi connectivity index (χ2n) is 8.53. The number of carbonyl (C=O) groups is 2. The van der Waals surface area contributed by atoms with E-state index in [4.69, 9.17) is 0 Å². The van der Waals surface area contributed by atoms with Crippen LogP contribution in [0.2, 0.25) is 0 Å². The van der Waals surface area contributed by atoms with E-state index < -0.39 is 0 Å². The molecule has 180 valence electrons. The quantitative estimate of drug-likeness (QED) is 0.488. The van der Waals surface area contributed by atoms with Gasteiger partial charge in [0.05, 0.1) is 6.10 Å². The number of aliphatic hydroxyl groups is 1. The number of likely N-dealkylation sites (tertiary alicyclic amines) is 1. The Bertz CT molecular complexity index is 803. The number of β-amino-alcohol motifs (C(OH)–C–C–N with tert-alkyl or cyclic N) is 1. The van der Waals surface area contributed by atoms with Crippen molar-refractivity contribution >= 4 is 12.3 Å². The van der Waals surface area contributed by atoms with Crippen LogP contribution in [0.25, 0.3) is 11.8 Å². The van der Waals surface area contributed by atoms with Gasteiger partial charge in [0.15, 0.2) is 0 Å². The first-order chi connectivity index (χ1) is 14.7. The fourth-order valence-corrected chi connectivity index (χ4v) is 3.12. The van der Waals surface area contributed by atoms with Crippen molar-refractivity contribution in [3.8, 4) is 5.69 Å². The molecule has 2 aromatic rings. The summed E-state index contributed by atoms with van der Waals surface area (Å²) in [6.07, 6.45) is 5.40. The Balaban J connectivity index is 0. The Hall–Kier alpha value is -1.07. The monoisotopic (exact) mass is 485 g/mol. The van der Waals surface area contributed by atoms with Crippen LogP contribution in [0, 0.1) is 12.3 Å². The molecule has 9 heteroatoms. The summed E-state index contributed by atoms with van der Waals surface area (Å²) in [5.74, 6) is 1.13. The smallest absolute Gasteiger partial charge is 0.693 e. The van der Waals surface area contributed by atoms with E-state index >= 15 is 0 Å². The summed E-state index contributed by atoms with van der Waals surface area (Å²) in [4.78, 5) is 27.7. The number of nitrogens with two attached hydrogens (primary N) is 1. The van der Waals surface area contributed by atoms with Crippen molar-refractivity contribution in [2.75, 3.05) is 13.1 Å². The molecule has 1 aliphatic rings. The van der Waals surface area contributed by atoms with E-state index in [1.165, 1.54) is 0 Å². The number of rotatable bonds is 5. The molecule has 0 saturated carbocycles. The molecule has 2 heterocycles. The van der Waals surface area contributed by atoms with Crippen LogP contribution in [-0.4, -0.2) is 51.1 Å². The van der Waals surface area contributed by atoms with E-state index in [0.717, 1.165) is 30.0 Å². The predicted octanol–water partition coefficient (Wildman–Crippen LogP) is 1.19. The molecule has 2 amide bonds. The zero-order valence-corrected chi connectivity index (χ0v) is 24.5. The Labute approximate surface area is 241 Å². The molecule has 0 aliphatic carbocycles. The molecule has 4 N–H and O–H groups in total. The summed E-state index contributed by atoms with van der Waals surface area (Å²) in [5.41, 5.74) is 2.20. The molecule has 33 heavy (non-hydrogen) atoms. The molecule has 1 aromatic heterocycles. The van der Waals surface area contributed by atoms with E-state index in [1.54, 1.807) is 11.1 Å². The standard InChI is InChI=1S/C12H13N3O.C10H19NO2.C2H6.K.H2N/c1-10-14-6-7-15(10)12-4-2-11(3-5-12)8-13-9-16;1-10(2,3)6-9(13)11-5-4-8(12)7-11;1-2;;/h2-7,9H,8H2,1H3,(H,13,16);8,12H,4-7H2,1-3H3;1-2H3;;1H2/q;;;+1;-1. The molecular weight excluding hydrogens is 445 g/mol. The molecular formula is C24H40KN5O3. The number of nitrogens with zero attached hydrogens (tertiary/aromatic N) is 3. The number of hydrogen-bond donors (Lipinski definition) is 2. The van der Waals surface area contributed by atoms with Gasteiger partial charge in [0.25, 0.3) is 0 Å². The summed E-state index contributed by atoms with van der Waals surface area (Å²) in [5, 5.41) is 11.9. The second kappa shape index (κ2) is 17.4. The number of carbonyl (C=O) groups excluding carboxylic acids is 2. The van der Waals surface area contributed by atoms with E-state index in [1.807, 2.05) is 55.8 Å². The summed E-state index contributed by atoms with van der Waals surface area (Å²) in [7, 11) is 0. The SMILES string of the molecule is CC.CC(C)(C)CC(=O)N1CCC(O)C1.Cc1nccn1-c1ccc(CNC=O)cc1.[K+].[NH2-]. The van der Waals surface area contributed by atoms with Gasteiger partial charge in [0, 0.05) is 44.1 Å². The number of aryl methyl sites for hydroxylation is 1. The van der Waals surface area contributed by atoms with Crippen molar-refractivity contribution in [2.24, 2.45) is 5.41 Å². The maximum atomic E-state index is 11.6. The normalized spacial score (nSPS) is 14.4. The molecule has 1 saturated heterocycles. The minimum Gasteiger partial charge on any atom is -0.693 e. The molecule has 8 nitrogen and oxygen atoms in total. The van der Waals surface area contributed by atoms with Crippen LogP contribution in [0.15, 0.2) is 36.7 Å². The number of aromatic nitrogens is 2. The van der Waals surface area contributed by atoms with E-state index in [9.17, 15) is 14.7 Å². The molecule has 1 atom stereocenters. The van der Waals surface area contributed by atoms with Crippen molar-refractivity contribution in [1.82, 2.24) is 19.8 Å². The van der Waals surface area contributed by atoms with Gasteiger partial charge in [-0.25, -0.2) is 4.98 Å². The Morgan fingerprint density at radius 1 is 1.24 bits per heavy atom. The van der Waals surface area contributed by atoms with Crippen LogP contribution in [0.4, 0.5) is 0 Å². The number of nitrogens with one attached hydrogen (secondary N) is 1. The third-order valence-electron chi connectivity index (χ3n) is 4.63. The molecule has 0 radical (unpaired) electrons. The van der Waals surface area contributed by atoms with Gasteiger partial charge in [-0.05, 0) is 36.5 Å². The number of amides is 2. The van der Waals surface area contributed by atoms with E-state index in [-0.39, 0.29) is 75.0 Å². The first-order valence-electron chi connectivity index (χ1n) is 10.9. The van der Waals surface area contributed by atoms with Gasteiger partial charge in [0.2, 0.25) is 12.3 Å². The first kappa shape index (κ1) is 34.1. The third-order valence-corrected chi connectivity index (χ3v) is 4.63. The molecule has 0 bridgehead atoms. The summed E-state index contributed by atoms with van der Waals surface area (Å²) < 4.78 is 2.01. The van der Waals surface area contributed by atoms with Crippen LogP contribution in [0.5, 0.6) is 0 Å². The zero-order chi connectivity index (χ0) is 23.4. The number of benzene rings is 1. The molecule has 1 fully saturated rings. The van der Waals surface area contributed by atoms with Gasteiger partial charge in [-0.15, -0.1) is 0 Å².